The van der Waals surface area contributed by atoms with Crippen LogP contribution >= 0.6 is 22.9 Å². The number of aliphatic hydroxyl groups excluding tert-OH is 1. The van der Waals surface area contributed by atoms with Crippen LogP contribution in [-0.4, -0.2) is 41.0 Å². The number of methoxy groups -OCH3 is 2. The lowest BCUT2D eigenvalue weighted by Crippen LogP contribution is -2.29. The first-order chi connectivity index (χ1) is 16.9. The molecule has 0 aliphatic carbocycles. The molecule has 5 rings (SSSR count). The van der Waals surface area contributed by atoms with Gasteiger partial charge in [-0.1, -0.05) is 29.0 Å². The molecule has 1 N–H and O–H groups in total. The van der Waals surface area contributed by atoms with Crippen LogP contribution in [0.15, 0.2) is 66.5 Å². The third-order valence-corrected chi connectivity index (χ3v) is 6.92. The largest absolute Gasteiger partial charge is 0.507 e. The van der Waals surface area contributed by atoms with Crippen molar-refractivity contribution in [3.05, 3.63) is 82.6 Å². The van der Waals surface area contributed by atoms with Crippen molar-refractivity contribution in [2.75, 3.05) is 19.1 Å². The number of benzene rings is 2. The first kappa shape index (κ1) is 22.8. The zero-order chi connectivity index (χ0) is 24.7. The summed E-state index contributed by atoms with van der Waals surface area (Å²) in [5.74, 6) is -1.04. The van der Waals surface area contributed by atoms with E-state index in [-0.39, 0.29) is 11.3 Å². The van der Waals surface area contributed by atoms with E-state index in [0.717, 1.165) is 4.70 Å². The minimum absolute atomic E-state index is 0.0642. The number of carbonyl (C=O) groups is 2. The number of halogens is 1. The molecule has 0 saturated carbocycles. The molecule has 35 heavy (non-hydrogen) atoms. The molecule has 1 fully saturated rings. The molecule has 176 valence electrons. The maximum Gasteiger partial charge on any atom is 0.301 e. The van der Waals surface area contributed by atoms with Crippen molar-refractivity contribution in [2.45, 2.75) is 6.04 Å². The van der Waals surface area contributed by atoms with Crippen LogP contribution in [0, 0.1) is 0 Å². The number of carbonyl (C=O) groups excluding carboxylic acids is 2. The Balaban J connectivity index is 1.75. The number of thiazole rings is 1. The van der Waals surface area contributed by atoms with Crippen LogP contribution in [0.5, 0.6) is 11.5 Å². The van der Waals surface area contributed by atoms with Gasteiger partial charge in [-0.05, 0) is 48.0 Å². The number of rotatable bonds is 5. The van der Waals surface area contributed by atoms with E-state index in [0.29, 0.717) is 38.3 Å². The second kappa shape index (κ2) is 9.01. The van der Waals surface area contributed by atoms with Gasteiger partial charge in [0.05, 0.1) is 36.1 Å². The minimum Gasteiger partial charge on any atom is -0.507 e. The number of pyridine rings is 1. The highest BCUT2D eigenvalue weighted by Gasteiger charge is 2.48. The van der Waals surface area contributed by atoms with Gasteiger partial charge in [0, 0.05) is 23.0 Å². The zero-order valence-corrected chi connectivity index (χ0v) is 20.1. The van der Waals surface area contributed by atoms with E-state index in [1.54, 1.807) is 48.5 Å². The molecule has 0 bridgehead atoms. The SMILES string of the molecule is COc1ccc(C2/C(=C(\O)c3ccncc3)C(=O)C(=O)N2c2nc3ccc(Cl)cc3s2)cc1OC. The van der Waals surface area contributed by atoms with Gasteiger partial charge in [0.1, 0.15) is 5.76 Å². The highest BCUT2D eigenvalue weighted by molar-refractivity contribution is 7.22. The lowest BCUT2D eigenvalue weighted by molar-refractivity contribution is -0.132. The van der Waals surface area contributed by atoms with E-state index in [2.05, 4.69) is 9.97 Å². The van der Waals surface area contributed by atoms with E-state index in [1.165, 1.54) is 42.8 Å². The summed E-state index contributed by atoms with van der Waals surface area (Å²) in [5.41, 5.74) is 1.47. The lowest BCUT2D eigenvalue weighted by Gasteiger charge is -2.23. The second-order valence-corrected chi connectivity index (χ2v) is 9.07. The summed E-state index contributed by atoms with van der Waals surface area (Å²) in [6.07, 6.45) is 2.99. The second-order valence-electron chi connectivity index (χ2n) is 7.63. The summed E-state index contributed by atoms with van der Waals surface area (Å²) in [6.45, 7) is 0. The Hall–Kier alpha value is -3.95. The molecule has 1 aliphatic rings. The third-order valence-electron chi connectivity index (χ3n) is 5.67. The summed E-state index contributed by atoms with van der Waals surface area (Å²) >= 11 is 7.36. The van der Waals surface area contributed by atoms with Crippen molar-refractivity contribution in [2.24, 2.45) is 0 Å². The molecule has 0 spiro atoms. The first-order valence-electron chi connectivity index (χ1n) is 10.4. The monoisotopic (exact) mass is 507 g/mol. The molecule has 3 heterocycles. The Kier molecular flexibility index (Phi) is 5.88. The van der Waals surface area contributed by atoms with E-state index in [9.17, 15) is 14.7 Å². The lowest BCUT2D eigenvalue weighted by atomic mass is 9.95. The highest BCUT2D eigenvalue weighted by atomic mass is 35.5. The van der Waals surface area contributed by atoms with Gasteiger partial charge < -0.3 is 14.6 Å². The predicted octanol–water partition coefficient (Wildman–Crippen LogP) is 4.99. The molecule has 8 nitrogen and oxygen atoms in total. The Morgan fingerprint density at radius 2 is 1.77 bits per heavy atom. The quantitative estimate of drug-likeness (QED) is 0.231. The molecule has 1 unspecified atom stereocenters. The maximum absolute atomic E-state index is 13.4. The number of anilines is 1. The number of hydrogen-bond donors (Lipinski definition) is 1. The Bertz CT molecular complexity index is 1500. The van der Waals surface area contributed by atoms with Gasteiger partial charge in [-0.3, -0.25) is 19.5 Å². The average Bonchev–Trinajstić information content (AvgIpc) is 3.41. The van der Waals surface area contributed by atoms with Crippen LogP contribution in [0.2, 0.25) is 5.02 Å². The Morgan fingerprint density at radius 1 is 1.03 bits per heavy atom. The van der Waals surface area contributed by atoms with Crippen molar-refractivity contribution in [3.63, 3.8) is 0 Å². The maximum atomic E-state index is 13.4. The molecule has 1 amide bonds. The van der Waals surface area contributed by atoms with Crippen molar-refractivity contribution < 1.29 is 24.2 Å². The Morgan fingerprint density at radius 3 is 2.49 bits per heavy atom. The minimum atomic E-state index is -0.959. The number of ether oxygens (including phenoxy) is 2. The molecule has 2 aromatic heterocycles. The fourth-order valence-corrected chi connectivity index (χ4v) is 5.29. The molecular formula is C25H18ClN3O5S. The van der Waals surface area contributed by atoms with Gasteiger partial charge in [-0.2, -0.15) is 0 Å². The number of nitrogens with zero attached hydrogens (tertiary/aromatic N) is 3. The smallest absolute Gasteiger partial charge is 0.301 e. The summed E-state index contributed by atoms with van der Waals surface area (Å²) in [6, 6.07) is 12.4. The van der Waals surface area contributed by atoms with Crippen molar-refractivity contribution in [1.29, 1.82) is 0 Å². The first-order valence-corrected chi connectivity index (χ1v) is 11.6. The van der Waals surface area contributed by atoms with Gasteiger partial charge in [0.25, 0.3) is 5.78 Å². The standard InChI is InChI=1S/C25H18ClN3O5S/c1-33-17-6-3-14(11-18(17)34-2)21-20(22(30)13-7-9-27-10-8-13)23(31)24(32)29(21)25-28-16-5-4-15(26)12-19(16)35-25/h3-12,21,30H,1-2H3/b22-20+. The van der Waals surface area contributed by atoms with Crippen molar-refractivity contribution in [1.82, 2.24) is 9.97 Å². The molecular weight excluding hydrogens is 490 g/mol. The van der Waals surface area contributed by atoms with Gasteiger partial charge in [0.15, 0.2) is 16.6 Å². The van der Waals surface area contributed by atoms with Gasteiger partial charge >= 0.3 is 5.91 Å². The van der Waals surface area contributed by atoms with Crippen LogP contribution in [0.4, 0.5) is 5.13 Å². The molecule has 1 saturated heterocycles. The number of Topliss-reactive ketones (excluding diaryl/α,β-unsaturated/α-hetero) is 1. The fourth-order valence-electron chi connectivity index (χ4n) is 4.02. The predicted molar refractivity (Wildman–Crippen MR) is 133 cm³/mol. The number of hydrogen-bond acceptors (Lipinski definition) is 8. The van der Waals surface area contributed by atoms with Gasteiger partial charge in [-0.25, -0.2) is 4.98 Å². The van der Waals surface area contributed by atoms with Crippen molar-refractivity contribution >= 4 is 55.7 Å². The molecule has 10 heteroatoms. The zero-order valence-electron chi connectivity index (χ0n) is 18.6. The van der Waals surface area contributed by atoms with E-state index >= 15 is 0 Å². The van der Waals surface area contributed by atoms with Crippen LogP contribution in [0.3, 0.4) is 0 Å². The molecule has 4 aromatic rings. The summed E-state index contributed by atoms with van der Waals surface area (Å²) < 4.78 is 11.5. The Labute approximate surface area is 209 Å². The van der Waals surface area contributed by atoms with Gasteiger partial charge in [0.2, 0.25) is 0 Å². The number of fused-ring (bicyclic) bond motifs is 1. The number of amides is 1. The van der Waals surface area contributed by atoms with Crippen LogP contribution < -0.4 is 14.4 Å². The van der Waals surface area contributed by atoms with E-state index in [4.69, 9.17) is 21.1 Å². The summed E-state index contributed by atoms with van der Waals surface area (Å²) in [5, 5.41) is 12.0. The topological polar surface area (TPSA) is 102 Å². The van der Waals surface area contributed by atoms with Crippen LogP contribution in [0.25, 0.3) is 16.0 Å². The van der Waals surface area contributed by atoms with Gasteiger partial charge in [-0.15, -0.1) is 0 Å². The number of ketones is 1. The number of aromatic nitrogens is 2. The average molecular weight is 508 g/mol. The third kappa shape index (κ3) is 3.88. The molecule has 2 aromatic carbocycles. The summed E-state index contributed by atoms with van der Waals surface area (Å²) in [7, 11) is 3.01. The fraction of sp³-hybridized carbons (Fsp3) is 0.120. The summed E-state index contributed by atoms with van der Waals surface area (Å²) in [4.78, 5) is 36.5. The van der Waals surface area contributed by atoms with E-state index in [1.807, 2.05) is 0 Å². The van der Waals surface area contributed by atoms with Crippen LogP contribution in [0.1, 0.15) is 17.2 Å². The van der Waals surface area contributed by atoms with Crippen molar-refractivity contribution in [3.8, 4) is 11.5 Å². The highest BCUT2D eigenvalue weighted by Crippen LogP contribution is 2.45. The molecule has 1 aliphatic heterocycles. The normalized spacial score (nSPS) is 17.2. The number of aliphatic hydroxyl groups is 1. The van der Waals surface area contributed by atoms with Crippen LogP contribution in [-0.2, 0) is 9.59 Å². The van der Waals surface area contributed by atoms with E-state index < -0.39 is 17.7 Å². The molecule has 1 atom stereocenters. The molecule has 0 radical (unpaired) electrons.